The molecule has 0 saturated carbocycles. The van der Waals surface area contributed by atoms with Gasteiger partial charge in [0.15, 0.2) is 0 Å². The van der Waals surface area contributed by atoms with Crippen LogP contribution in [-0.4, -0.2) is 41.1 Å². The summed E-state index contributed by atoms with van der Waals surface area (Å²) in [4.78, 5) is 17.6. The van der Waals surface area contributed by atoms with Crippen LogP contribution < -0.4 is 15.5 Å². The Labute approximate surface area is 144 Å². The van der Waals surface area contributed by atoms with E-state index < -0.39 is 0 Å². The fourth-order valence-electron chi connectivity index (χ4n) is 3.03. The number of aromatic nitrogens is 3. The zero-order valence-corrected chi connectivity index (χ0v) is 13.8. The van der Waals surface area contributed by atoms with E-state index in [0.29, 0.717) is 10.8 Å². The van der Waals surface area contributed by atoms with Crippen LogP contribution in [0.25, 0.3) is 10.9 Å². The van der Waals surface area contributed by atoms with Gasteiger partial charge < -0.3 is 15.5 Å². The third-order valence-corrected chi connectivity index (χ3v) is 4.53. The molecule has 2 N–H and O–H groups in total. The molecule has 4 rings (SSSR count). The molecule has 1 aromatic carbocycles. The first kappa shape index (κ1) is 15.0. The molecule has 0 radical (unpaired) electrons. The van der Waals surface area contributed by atoms with Gasteiger partial charge in [0.2, 0.25) is 0 Å². The number of hydrogen-bond acceptors (Lipinski definition) is 6. The first-order valence-electron chi connectivity index (χ1n) is 7.82. The van der Waals surface area contributed by atoms with Gasteiger partial charge in [-0.3, -0.25) is 0 Å². The number of halogens is 1. The Balaban J connectivity index is 1.55. The Bertz CT molecular complexity index is 859. The smallest absolute Gasteiger partial charge is 0.140 e. The Morgan fingerprint density at radius 1 is 0.917 bits per heavy atom. The lowest BCUT2D eigenvalue weighted by Crippen LogP contribution is -2.47. The second-order valence-electron chi connectivity index (χ2n) is 5.77. The van der Waals surface area contributed by atoms with Crippen LogP contribution in [0.15, 0.2) is 42.9 Å². The summed E-state index contributed by atoms with van der Waals surface area (Å²) in [7, 11) is 0. The van der Waals surface area contributed by atoms with E-state index in [1.54, 1.807) is 6.33 Å². The van der Waals surface area contributed by atoms with Gasteiger partial charge in [-0.15, -0.1) is 0 Å². The Morgan fingerprint density at radius 2 is 1.71 bits per heavy atom. The third kappa shape index (κ3) is 2.80. The van der Waals surface area contributed by atoms with E-state index in [9.17, 15) is 0 Å². The minimum absolute atomic E-state index is 0.545. The van der Waals surface area contributed by atoms with Crippen molar-refractivity contribution in [1.29, 1.82) is 0 Å². The van der Waals surface area contributed by atoms with Crippen LogP contribution in [0, 0.1) is 0 Å². The van der Waals surface area contributed by atoms with Gasteiger partial charge in [0.25, 0.3) is 0 Å². The molecule has 1 aliphatic heterocycles. The van der Waals surface area contributed by atoms with Crippen molar-refractivity contribution < 1.29 is 0 Å². The summed E-state index contributed by atoms with van der Waals surface area (Å²) in [5.74, 6) is 1.51. The standard InChI is InChI=1S/C17H17ClN6/c18-12-1-3-14-15(9-12)21-11-22-17(14)24-7-5-23(6-8-24)13-2-4-16(19)20-10-13/h1-4,9-11H,5-8H2,(H2,19,20). The fraction of sp³-hybridized carbons (Fsp3) is 0.235. The van der Waals surface area contributed by atoms with Crippen molar-refractivity contribution in [3.63, 3.8) is 0 Å². The van der Waals surface area contributed by atoms with E-state index in [-0.39, 0.29) is 0 Å². The molecule has 0 unspecified atom stereocenters. The lowest BCUT2D eigenvalue weighted by molar-refractivity contribution is 0.648. The maximum atomic E-state index is 6.06. The number of nitrogen functional groups attached to an aromatic ring is 1. The fourth-order valence-corrected chi connectivity index (χ4v) is 3.20. The van der Waals surface area contributed by atoms with Crippen molar-refractivity contribution in [1.82, 2.24) is 15.0 Å². The van der Waals surface area contributed by atoms with Gasteiger partial charge in [0, 0.05) is 36.6 Å². The number of rotatable bonds is 2. The van der Waals surface area contributed by atoms with Gasteiger partial charge in [-0.05, 0) is 30.3 Å². The summed E-state index contributed by atoms with van der Waals surface area (Å²) in [6.07, 6.45) is 3.43. The van der Waals surface area contributed by atoms with E-state index in [1.807, 2.05) is 36.5 Å². The van der Waals surface area contributed by atoms with Crippen molar-refractivity contribution in [2.24, 2.45) is 0 Å². The molecule has 24 heavy (non-hydrogen) atoms. The molecule has 2 aromatic heterocycles. The van der Waals surface area contributed by atoms with Gasteiger partial charge in [0.05, 0.1) is 17.4 Å². The second-order valence-corrected chi connectivity index (χ2v) is 6.21. The molecule has 1 aliphatic rings. The van der Waals surface area contributed by atoms with Crippen molar-refractivity contribution in [3.8, 4) is 0 Å². The molecule has 0 atom stereocenters. The average Bonchev–Trinajstić information content (AvgIpc) is 2.62. The number of anilines is 3. The normalized spacial score (nSPS) is 15.0. The quantitative estimate of drug-likeness (QED) is 0.773. The molecule has 0 amide bonds. The molecule has 3 heterocycles. The molecular formula is C17H17ClN6. The summed E-state index contributed by atoms with van der Waals surface area (Å²) in [5, 5.41) is 1.72. The summed E-state index contributed by atoms with van der Waals surface area (Å²) in [5.41, 5.74) is 7.63. The minimum Gasteiger partial charge on any atom is -0.384 e. The molecule has 6 nitrogen and oxygen atoms in total. The predicted octanol–water partition coefficient (Wildman–Crippen LogP) is 2.59. The monoisotopic (exact) mass is 340 g/mol. The number of pyridine rings is 1. The van der Waals surface area contributed by atoms with Crippen molar-refractivity contribution in [2.75, 3.05) is 41.7 Å². The van der Waals surface area contributed by atoms with E-state index in [0.717, 1.165) is 48.6 Å². The summed E-state index contributed by atoms with van der Waals surface area (Å²) in [6, 6.07) is 9.60. The van der Waals surface area contributed by atoms with E-state index in [2.05, 4.69) is 24.8 Å². The zero-order chi connectivity index (χ0) is 16.5. The van der Waals surface area contributed by atoms with Gasteiger partial charge in [-0.1, -0.05) is 11.6 Å². The van der Waals surface area contributed by atoms with Crippen LogP contribution in [0.2, 0.25) is 5.02 Å². The van der Waals surface area contributed by atoms with Gasteiger partial charge in [-0.25, -0.2) is 15.0 Å². The van der Waals surface area contributed by atoms with E-state index in [1.165, 1.54) is 0 Å². The molecule has 0 bridgehead atoms. The van der Waals surface area contributed by atoms with Crippen molar-refractivity contribution in [3.05, 3.63) is 47.9 Å². The van der Waals surface area contributed by atoms with Crippen LogP contribution in [0.4, 0.5) is 17.3 Å². The van der Waals surface area contributed by atoms with Crippen LogP contribution in [0.5, 0.6) is 0 Å². The highest BCUT2D eigenvalue weighted by Crippen LogP contribution is 2.27. The second kappa shape index (κ2) is 6.13. The number of benzene rings is 1. The van der Waals surface area contributed by atoms with Crippen LogP contribution >= 0.6 is 11.6 Å². The first-order valence-corrected chi connectivity index (χ1v) is 8.20. The average molecular weight is 341 g/mol. The summed E-state index contributed by atoms with van der Waals surface area (Å²) >= 11 is 6.06. The largest absolute Gasteiger partial charge is 0.384 e. The minimum atomic E-state index is 0.545. The van der Waals surface area contributed by atoms with Crippen LogP contribution in [-0.2, 0) is 0 Å². The predicted molar refractivity (Wildman–Crippen MR) is 97.6 cm³/mol. The number of fused-ring (bicyclic) bond motifs is 1. The number of piperazine rings is 1. The van der Waals surface area contributed by atoms with E-state index >= 15 is 0 Å². The Kier molecular flexibility index (Phi) is 3.82. The number of hydrogen-bond donors (Lipinski definition) is 1. The highest BCUT2D eigenvalue weighted by molar-refractivity contribution is 6.31. The van der Waals surface area contributed by atoms with Crippen LogP contribution in [0.1, 0.15) is 0 Å². The molecule has 7 heteroatoms. The lowest BCUT2D eigenvalue weighted by atomic mass is 10.2. The Morgan fingerprint density at radius 3 is 2.46 bits per heavy atom. The highest BCUT2D eigenvalue weighted by Gasteiger charge is 2.20. The van der Waals surface area contributed by atoms with Gasteiger partial charge in [0.1, 0.15) is 18.0 Å². The van der Waals surface area contributed by atoms with Crippen molar-refractivity contribution >= 4 is 39.8 Å². The maximum Gasteiger partial charge on any atom is 0.140 e. The van der Waals surface area contributed by atoms with Gasteiger partial charge >= 0.3 is 0 Å². The zero-order valence-electron chi connectivity index (χ0n) is 13.1. The summed E-state index contributed by atoms with van der Waals surface area (Å²) < 4.78 is 0. The van der Waals surface area contributed by atoms with Gasteiger partial charge in [-0.2, -0.15) is 0 Å². The van der Waals surface area contributed by atoms with E-state index in [4.69, 9.17) is 17.3 Å². The lowest BCUT2D eigenvalue weighted by Gasteiger charge is -2.36. The van der Waals surface area contributed by atoms with Crippen molar-refractivity contribution in [2.45, 2.75) is 0 Å². The number of nitrogens with zero attached hydrogens (tertiary/aromatic N) is 5. The molecule has 1 saturated heterocycles. The SMILES string of the molecule is Nc1ccc(N2CCN(c3ncnc4cc(Cl)ccc34)CC2)cn1. The molecule has 1 fully saturated rings. The Hall–Kier alpha value is -2.60. The molecule has 3 aromatic rings. The molecule has 122 valence electrons. The highest BCUT2D eigenvalue weighted by atomic mass is 35.5. The molecule has 0 aliphatic carbocycles. The number of nitrogens with two attached hydrogens (primary N) is 1. The van der Waals surface area contributed by atoms with Crippen LogP contribution in [0.3, 0.4) is 0 Å². The third-order valence-electron chi connectivity index (χ3n) is 4.29. The molecule has 0 spiro atoms. The maximum absolute atomic E-state index is 6.06. The summed E-state index contributed by atoms with van der Waals surface area (Å²) in [6.45, 7) is 3.59. The topological polar surface area (TPSA) is 71.2 Å². The first-order chi connectivity index (χ1) is 11.7. The molecular weight excluding hydrogens is 324 g/mol.